The Balaban J connectivity index is 2.25. The summed E-state index contributed by atoms with van der Waals surface area (Å²) in [4.78, 5) is 24.7. The van der Waals surface area contributed by atoms with Crippen molar-refractivity contribution in [2.45, 2.75) is 32.0 Å². The molecule has 0 N–H and O–H groups in total. The van der Waals surface area contributed by atoms with E-state index < -0.39 is 18.2 Å². The van der Waals surface area contributed by atoms with Crippen molar-refractivity contribution in [3.8, 4) is 6.07 Å². The van der Waals surface area contributed by atoms with Crippen LogP contribution in [-0.2, 0) is 19.1 Å². The second-order valence-electron chi connectivity index (χ2n) is 4.39. The molecule has 0 spiro atoms. The predicted octanol–water partition coefficient (Wildman–Crippen LogP) is 0.550. The second-order valence-corrected chi connectivity index (χ2v) is 4.39. The fraction of sp³-hybridized carbons (Fsp3) is 0.583. The lowest BCUT2D eigenvalue weighted by molar-refractivity contribution is -0.157. The molecular formula is C12H14N2O4. The summed E-state index contributed by atoms with van der Waals surface area (Å²) in [6, 6.07) is 1.30. The average Bonchev–Trinajstić information content (AvgIpc) is 2.75. The molecule has 2 aliphatic rings. The molecule has 6 nitrogen and oxygen atoms in total. The SMILES string of the molecule is COC(=O)[C@@H]1C[C@H]2CC=C(C#N)O[C@@H]2N1C(C)=O. The molecule has 0 unspecified atom stereocenters. The summed E-state index contributed by atoms with van der Waals surface area (Å²) < 4.78 is 10.2. The Morgan fingerprint density at radius 2 is 2.33 bits per heavy atom. The number of nitriles is 1. The minimum absolute atomic E-state index is 0.0371. The Kier molecular flexibility index (Phi) is 3.24. The van der Waals surface area contributed by atoms with Gasteiger partial charge in [0.1, 0.15) is 12.1 Å². The first kappa shape index (κ1) is 12.4. The van der Waals surface area contributed by atoms with Crippen molar-refractivity contribution in [2.24, 2.45) is 5.92 Å². The van der Waals surface area contributed by atoms with E-state index >= 15 is 0 Å². The molecular weight excluding hydrogens is 236 g/mol. The molecule has 96 valence electrons. The van der Waals surface area contributed by atoms with Gasteiger partial charge in [-0.25, -0.2) is 4.79 Å². The van der Waals surface area contributed by atoms with Gasteiger partial charge in [0.2, 0.25) is 5.91 Å². The Morgan fingerprint density at radius 3 is 2.89 bits per heavy atom. The van der Waals surface area contributed by atoms with Gasteiger partial charge >= 0.3 is 5.97 Å². The summed E-state index contributed by atoms with van der Waals surface area (Å²) in [6.07, 6.45) is 2.29. The molecule has 0 aliphatic carbocycles. The van der Waals surface area contributed by atoms with Gasteiger partial charge in [-0.05, 0) is 18.9 Å². The van der Waals surface area contributed by atoms with Crippen LogP contribution in [0, 0.1) is 17.2 Å². The van der Waals surface area contributed by atoms with Crippen LogP contribution in [0.25, 0.3) is 0 Å². The third-order valence-corrected chi connectivity index (χ3v) is 3.34. The first-order valence-electron chi connectivity index (χ1n) is 5.72. The number of hydrogen-bond donors (Lipinski definition) is 0. The van der Waals surface area contributed by atoms with Gasteiger partial charge in [-0.1, -0.05) is 0 Å². The van der Waals surface area contributed by atoms with Crippen LogP contribution in [0.3, 0.4) is 0 Å². The Labute approximate surface area is 105 Å². The Morgan fingerprint density at radius 1 is 1.61 bits per heavy atom. The molecule has 0 aromatic carbocycles. The van der Waals surface area contributed by atoms with Gasteiger partial charge in [0.25, 0.3) is 0 Å². The van der Waals surface area contributed by atoms with Crippen LogP contribution in [-0.4, -0.2) is 36.2 Å². The number of methoxy groups -OCH3 is 1. The predicted molar refractivity (Wildman–Crippen MR) is 59.6 cm³/mol. The number of carbonyl (C=O) groups is 2. The monoisotopic (exact) mass is 250 g/mol. The third-order valence-electron chi connectivity index (χ3n) is 3.34. The highest BCUT2D eigenvalue weighted by Crippen LogP contribution is 2.38. The number of rotatable bonds is 1. The summed E-state index contributed by atoms with van der Waals surface area (Å²) in [7, 11) is 1.29. The highest BCUT2D eigenvalue weighted by Gasteiger charge is 2.49. The van der Waals surface area contributed by atoms with E-state index in [1.807, 2.05) is 6.07 Å². The molecule has 0 aromatic rings. The largest absolute Gasteiger partial charge is 0.467 e. The van der Waals surface area contributed by atoms with Crippen molar-refractivity contribution in [1.82, 2.24) is 4.90 Å². The van der Waals surface area contributed by atoms with Gasteiger partial charge in [0, 0.05) is 12.8 Å². The van der Waals surface area contributed by atoms with Crippen molar-refractivity contribution in [2.75, 3.05) is 7.11 Å². The Hall–Kier alpha value is -2.03. The quantitative estimate of drug-likeness (QED) is 0.635. The lowest BCUT2D eigenvalue weighted by Gasteiger charge is -2.31. The minimum atomic E-state index is -0.617. The van der Waals surface area contributed by atoms with E-state index in [-0.39, 0.29) is 17.6 Å². The maximum atomic E-state index is 11.7. The van der Waals surface area contributed by atoms with Gasteiger partial charge in [-0.3, -0.25) is 9.69 Å². The highest BCUT2D eigenvalue weighted by atomic mass is 16.5. The smallest absolute Gasteiger partial charge is 0.328 e. The first-order chi connectivity index (χ1) is 8.58. The third kappa shape index (κ3) is 1.92. The molecule has 0 aromatic heterocycles. The van der Waals surface area contributed by atoms with Crippen LogP contribution in [0.1, 0.15) is 19.8 Å². The van der Waals surface area contributed by atoms with Gasteiger partial charge in [-0.15, -0.1) is 0 Å². The van der Waals surface area contributed by atoms with Crippen LogP contribution in [0.2, 0.25) is 0 Å². The molecule has 1 amide bonds. The zero-order valence-electron chi connectivity index (χ0n) is 10.3. The molecule has 1 fully saturated rings. The molecule has 18 heavy (non-hydrogen) atoms. The number of carbonyl (C=O) groups excluding carboxylic acids is 2. The lowest BCUT2D eigenvalue weighted by atomic mass is 9.98. The van der Waals surface area contributed by atoms with Gasteiger partial charge in [0.15, 0.2) is 12.0 Å². The van der Waals surface area contributed by atoms with E-state index in [0.717, 1.165) is 0 Å². The number of esters is 1. The van der Waals surface area contributed by atoms with Crippen LogP contribution in [0.5, 0.6) is 0 Å². The summed E-state index contributed by atoms with van der Waals surface area (Å²) in [5, 5.41) is 8.82. The van der Waals surface area contributed by atoms with Gasteiger partial charge < -0.3 is 9.47 Å². The average molecular weight is 250 g/mol. The second kappa shape index (κ2) is 4.69. The number of hydrogen-bond acceptors (Lipinski definition) is 5. The maximum absolute atomic E-state index is 11.7. The summed E-state index contributed by atoms with van der Waals surface area (Å²) in [5.41, 5.74) is 0. The molecule has 2 aliphatic heterocycles. The molecule has 3 atom stereocenters. The van der Waals surface area contributed by atoms with Crippen LogP contribution in [0.4, 0.5) is 0 Å². The topological polar surface area (TPSA) is 79.6 Å². The number of ether oxygens (including phenoxy) is 2. The van der Waals surface area contributed by atoms with E-state index in [0.29, 0.717) is 12.8 Å². The maximum Gasteiger partial charge on any atom is 0.328 e. The molecule has 2 heterocycles. The molecule has 6 heteroatoms. The van der Waals surface area contributed by atoms with Crippen molar-refractivity contribution in [3.63, 3.8) is 0 Å². The molecule has 0 bridgehead atoms. The summed E-state index contributed by atoms with van der Waals surface area (Å²) in [5.74, 6) is -0.457. The molecule has 0 saturated carbocycles. The fourth-order valence-electron chi connectivity index (χ4n) is 2.54. The van der Waals surface area contributed by atoms with Crippen LogP contribution < -0.4 is 0 Å². The summed E-state index contributed by atoms with van der Waals surface area (Å²) >= 11 is 0. The molecule has 2 rings (SSSR count). The minimum Gasteiger partial charge on any atom is -0.467 e. The molecule has 1 saturated heterocycles. The van der Waals surface area contributed by atoms with Gasteiger partial charge in [0.05, 0.1) is 7.11 Å². The number of fused-ring (bicyclic) bond motifs is 1. The van der Waals surface area contributed by atoms with Gasteiger partial charge in [-0.2, -0.15) is 5.26 Å². The first-order valence-corrected chi connectivity index (χ1v) is 5.72. The lowest BCUT2D eigenvalue weighted by Crippen LogP contribution is -2.46. The summed E-state index contributed by atoms with van der Waals surface area (Å²) in [6.45, 7) is 1.38. The standard InChI is InChI=1S/C12H14N2O4/c1-7(15)14-10(12(16)17-2)5-8-3-4-9(6-13)18-11(8)14/h4,8,10-11H,3,5H2,1-2H3/t8-,10+,11+/m1/s1. The van der Waals surface area contributed by atoms with Crippen molar-refractivity contribution < 1.29 is 19.1 Å². The Bertz CT molecular complexity index is 451. The van der Waals surface area contributed by atoms with E-state index in [9.17, 15) is 9.59 Å². The highest BCUT2D eigenvalue weighted by molar-refractivity contribution is 5.84. The fourth-order valence-corrected chi connectivity index (χ4v) is 2.54. The van der Waals surface area contributed by atoms with E-state index in [2.05, 4.69) is 0 Å². The van der Waals surface area contributed by atoms with E-state index in [4.69, 9.17) is 14.7 Å². The van der Waals surface area contributed by atoms with Crippen LogP contribution >= 0.6 is 0 Å². The zero-order valence-corrected chi connectivity index (χ0v) is 10.3. The number of amides is 1. The zero-order chi connectivity index (χ0) is 13.3. The molecule has 0 radical (unpaired) electrons. The number of allylic oxidation sites excluding steroid dienone is 2. The number of likely N-dealkylation sites (tertiary alicyclic amines) is 1. The normalized spacial score (nSPS) is 29.7. The van der Waals surface area contributed by atoms with E-state index in [1.165, 1.54) is 18.9 Å². The van der Waals surface area contributed by atoms with Crippen LogP contribution in [0.15, 0.2) is 11.8 Å². The van der Waals surface area contributed by atoms with Crippen molar-refractivity contribution >= 4 is 11.9 Å². The number of nitrogens with zero attached hydrogens (tertiary/aromatic N) is 2. The van der Waals surface area contributed by atoms with Crippen molar-refractivity contribution in [1.29, 1.82) is 5.26 Å². The van der Waals surface area contributed by atoms with Crippen molar-refractivity contribution in [3.05, 3.63) is 11.8 Å². The van der Waals surface area contributed by atoms with E-state index in [1.54, 1.807) is 6.08 Å².